The van der Waals surface area contributed by atoms with Gasteiger partial charge in [0.2, 0.25) is 0 Å². The molecule has 0 aliphatic heterocycles. The Morgan fingerprint density at radius 2 is 1.79 bits per heavy atom. The Morgan fingerprint density at radius 3 is 2.42 bits per heavy atom. The van der Waals surface area contributed by atoms with E-state index in [1.165, 1.54) is 6.20 Å². The zero-order valence-electron chi connectivity index (χ0n) is 18.5. The summed E-state index contributed by atoms with van der Waals surface area (Å²) in [6.07, 6.45) is 6.37. The lowest BCUT2D eigenvalue weighted by atomic mass is 10.2. The molecule has 0 saturated heterocycles. The maximum Gasteiger partial charge on any atom is 0.198 e. The number of benzene rings is 1. The molecule has 3 heterocycles. The number of hydrogen-bond donors (Lipinski definition) is 0. The maximum atomic E-state index is 12.6. The van der Waals surface area contributed by atoms with Crippen molar-refractivity contribution in [2.45, 2.75) is 30.8 Å². The number of imidazole rings is 1. The van der Waals surface area contributed by atoms with Crippen molar-refractivity contribution in [3.8, 4) is 28.6 Å². The summed E-state index contributed by atoms with van der Waals surface area (Å²) < 4.78 is 38.2. The molecule has 33 heavy (non-hydrogen) atoms. The number of methoxy groups -OCH3 is 2. The standard InChI is InChI=1S/C23H23N5O4S/c1-14-9-15(11-24-10-14)22-27-21-23(26-16(12-25-21)13-33(29,30)17-7-8-17)28(22)20-18(31-2)5-4-6-19(20)32-3/h4-6,9-12,17H,7-8,13H2,1-3H3. The Labute approximate surface area is 191 Å². The summed E-state index contributed by atoms with van der Waals surface area (Å²) in [5.41, 5.74) is 3.49. The first-order valence-corrected chi connectivity index (χ1v) is 12.2. The Morgan fingerprint density at radius 1 is 1.06 bits per heavy atom. The minimum Gasteiger partial charge on any atom is -0.494 e. The second-order valence-electron chi connectivity index (χ2n) is 8.05. The third kappa shape index (κ3) is 3.91. The average molecular weight is 466 g/mol. The van der Waals surface area contributed by atoms with Gasteiger partial charge in [0.15, 0.2) is 27.0 Å². The van der Waals surface area contributed by atoms with Gasteiger partial charge in [-0.2, -0.15) is 0 Å². The van der Waals surface area contributed by atoms with Crippen LogP contribution in [0.15, 0.2) is 42.9 Å². The van der Waals surface area contributed by atoms with Crippen molar-refractivity contribution in [3.05, 3.63) is 54.1 Å². The van der Waals surface area contributed by atoms with Crippen molar-refractivity contribution >= 4 is 21.1 Å². The molecule has 1 aromatic carbocycles. The number of pyridine rings is 1. The molecule has 10 heteroatoms. The minimum absolute atomic E-state index is 0.157. The predicted molar refractivity (Wildman–Crippen MR) is 123 cm³/mol. The van der Waals surface area contributed by atoms with Gasteiger partial charge in [-0.15, -0.1) is 0 Å². The lowest BCUT2D eigenvalue weighted by molar-refractivity contribution is 0.391. The number of sulfone groups is 1. The van der Waals surface area contributed by atoms with Crippen LogP contribution in [0, 0.1) is 6.92 Å². The molecular formula is C23H23N5O4S. The van der Waals surface area contributed by atoms with E-state index in [0.717, 1.165) is 11.1 Å². The Balaban J connectivity index is 1.79. The fourth-order valence-electron chi connectivity index (χ4n) is 3.84. The topological polar surface area (TPSA) is 109 Å². The molecule has 0 amide bonds. The fraction of sp³-hybridized carbons (Fsp3) is 0.304. The maximum absolute atomic E-state index is 12.6. The van der Waals surface area contributed by atoms with Gasteiger partial charge >= 0.3 is 0 Å². The third-order valence-electron chi connectivity index (χ3n) is 5.56. The van der Waals surface area contributed by atoms with Crippen LogP contribution in [0.5, 0.6) is 11.5 Å². The molecule has 1 aliphatic carbocycles. The molecule has 0 radical (unpaired) electrons. The first-order valence-electron chi connectivity index (χ1n) is 10.5. The van der Waals surface area contributed by atoms with Crippen molar-refractivity contribution in [2.24, 2.45) is 0 Å². The number of ether oxygens (including phenoxy) is 2. The van der Waals surface area contributed by atoms with Crippen molar-refractivity contribution in [2.75, 3.05) is 14.2 Å². The molecule has 4 aromatic rings. The van der Waals surface area contributed by atoms with E-state index in [4.69, 9.17) is 19.4 Å². The lowest BCUT2D eigenvalue weighted by Gasteiger charge is -2.16. The summed E-state index contributed by atoms with van der Waals surface area (Å²) in [5.74, 6) is 1.49. The molecule has 0 N–H and O–H groups in total. The molecule has 0 unspecified atom stereocenters. The van der Waals surface area contributed by atoms with Gasteiger partial charge < -0.3 is 9.47 Å². The van der Waals surface area contributed by atoms with Crippen LogP contribution in [0.4, 0.5) is 0 Å². The van der Waals surface area contributed by atoms with E-state index in [0.29, 0.717) is 52.8 Å². The largest absolute Gasteiger partial charge is 0.494 e. The van der Waals surface area contributed by atoms with Crippen molar-refractivity contribution in [1.29, 1.82) is 0 Å². The van der Waals surface area contributed by atoms with E-state index in [9.17, 15) is 8.42 Å². The highest BCUT2D eigenvalue weighted by Crippen LogP contribution is 2.38. The molecule has 0 spiro atoms. The summed E-state index contributed by atoms with van der Waals surface area (Å²) >= 11 is 0. The van der Waals surface area contributed by atoms with E-state index < -0.39 is 9.84 Å². The van der Waals surface area contributed by atoms with Gasteiger partial charge in [0.25, 0.3) is 0 Å². The normalized spacial score (nSPS) is 13.9. The van der Waals surface area contributed by atoms with Crippen LogP contribution < -0.4 is 9.47 Å². The Kier molecular flexibility index (Phi) is 5.24. The van der Waals surface area contributed by atoms with Crippen LogP contribution in [-0.2, 0) is 15.6 Å². The predicted octanol–water partition coefficient (Wildman–Crippen LogP) is 3.28. The third-order valence-corrected chi connectivity index (χ3v) is 7.75. The molecular weight excluding hydrogens is 442 g/mol. The van der Waals surface area contributed by atoms with Crippen LogP contribution in [-0.4, -0.2) is 52.4 Å². The number of fused-ring (bicyclic) bond motifs is 1. The van der Waals surface area contributed by atoms with Crippen LogP contribution in [0.1, 0.15) is 24.1 Å². The fourth-order valence-corrected chi connectivity index (χ4v) is 5.48. The number of nitrogens with zero attached hydrogens (tertiary/aromatic N) is 5. The van der Waals surface area contributed by atoms with E-state index in [-0.39, 0.29) is 11.0 Å². The van der Waals surface area contributed by atoms with Gasteiger partial charge in [0.1, 0.15) is 17.2 Å². The zero-order valence-corrected chi connectivity index (χ0v) is 19.3. The highest BCUT2D eigenvalue weighted by Gasteiger charge is 2.36. The van der Waals surface area contributed by atoms with Gasteiger partial charge in [0.05, 0.1) is 37.1 Å². The monoisotopic (exact) mass is 465 g/mol. The highest BCUT2D eigenvalue weighted by atomic mass is 32.2. The number of rotatable bonds is 7. The van der Waals surface area contributed by atoms with Gasteiger partial charge in [-0.1, -0.05) is 6.07 Å². The number of aryl methyl sites for hydroxylation is 1. The number of hydrogen-bond acceptors (Lipinski definition) is 8. The Bertz CT molecular complexity index is 1440. The van der Waals surface area contributed by atoms with Crippen LogP contribution >= 0.6 is 0 Å². The summed E-state index contributed by atoms with van der Waals surface area (Å²) in [6, 6.07) is 7.42. The molecule has 3 aromatic heterocycles. The first kappa shape index (κ1) is 21.3. The van der Waals surface area contributed by atoms with Crippen molar-refractivity contribution in [1.82, 2.24) is 24.5 Å². The Hall–Kier alpha value is -3.53. The van der Waals surface area contributed by atoms with Crippen molar-refractivity contribution < 1.29 is 17.9 Å². The minimum atomic E-state index is -3.25. The molecule has 1 aliphatic rings. The second kappa shape index (κ2) is 8.11. The van der Waals surface area contributed by atoms with Crippen LogP contribution in [0.25, 0.3) is 28.4 Å². The summed E-state index contributed by atoms with van der Waals surface area (Å²) in [7, 11) is -0.106. The summed E-state index contributed by atoms with van der Waals surface area (Å²) in [4.78, 5) is 18.2. The van der Waals surface area contributed by atoms with Crippen LogP contribution in [0.3, 0.4) is 0 Å². The molecule has 1 saturated carbocycles. The van der Waals surface area contributed by atoms with Crippen molar-refractivity contribution in [3.63, 3.8) is 0 Å². The number of para-hydroxylation sites is 1. The van der Waals surface area contributed by atoms with Gasteiger partial charge in [-0.3, -0.25) is 9.55 Å². The summed E-state index contributed by atoms with van der Waals surface area (Å²) in [6.45, 7) is 1.95. The van der Waals surface area contributed by atoms with Gasteiger partial charge in [0, 0.05) is 18.0 Å². The molecule has 5 rings (SSSR count). The van der Waals surface area contributed by atoms with Gasteiger partial charge in [-0.25, -0.2) is 23.4 Å². The smallest absolute Gasteiger partial charge is 0.198 e. The molecule has 170 valence electrons. The SMILES string of the molecule is COc1cccc(OC)c1-n1c(-c2cncc(C)c2)nc2ncc(CS(=O)(=O)C3CC3)nc21. The zero-order chi connectivity index (χ0) is 23.2. The molecule has 1 fully saturated rings. The van der Waals surface area contributed by atoms with E-state index in [1.807, 2.05) is 31.2 Å². The molecule has 0 bridgehead atoms. The quantitative estimate of drug-likeness (QED) is 0.409. The van der Waals surface area contributed by atoms with E-state index in [1.54, 1.807) is 31.2 Å². The first-order chi connectivity index (χ1) is 15.9. The van der Waals surface area contributed by atoms with Gasteiger partial charge in [-0.05, 0) is 43.5 Å². The summed E-state index contributed by atoms with van der Waals surface area (Å²) in [5, 5.41) is -0.275. The van der Waals surface area contributed by atoms with E-state index >= 15 is 0 Å². The average Bonchev–Trinajstić information content (AvgIpc) is 3.60. The molecule has 0 atom stereocenters. The number of aromatic nitrogens is 5. The lowest BCUT2D eigenvalue weighted by Crippen LogP contribution is -2.12. The second-order valence-corrected chi connectivity index (χ2v) is 10.3. The van der Waals surface area contributed by atoms with Crippen LogP contribution in [0.2, 0.25) is 0 Å². The molecule has 9 nitrogen and oxygen atoms in total. The highest BCUT2D eigenvalue weighted by molar-refractivity contribution is 7.91. The van der Waals surface area contributed by atoms with E-state index in [2.05, 4.69) is 9.97 Å².